The van der Waals surface area contributed by atoms with Crippen molar-refractivity contribution >= 4 is 22.0 Å². The number of carbonyl (C=O) groups is 1. The third-order valence-corrected chi connectivity index (χ3v) is 4.99. The van der Waals surface area contributed by atoms with E-state index in [2.05, 4.69) is 10.0 Å². The maximum atomic E-state index is 12.1. The van der Waals surface area contributed by atoms with E-state index in [0.29, 0.717) is 0 Å². The molecular formula is C19H22N2O3S. The molecule has 0 aliphatic heterocycles. The third kappa shape index (κ3) is 6.17. The summed E-state index contributed by atoms with van der Waals surface area (Å²) in [6.07, 6.45) is 3.15. The first-order valence-electron chi connectivity index (χ1n) is 7.96. The molecule has 0 aliphatic carbocycles. The highest BCUT2D eigenvalue weighted by Crippen LogP contribution is 2.09. The molecule has 0 bridgehead atoms. The zero-order valence-electron chi connectivity index (χ0n) is 14.3. The predicted octanol–water partition coefficient (Wildman–Crippen LogP) is 2.41. The second kappa shape index (κ2) is 8.60. The van der Waals surface area contributed by atoms with E-state index in [-0.39, 0.29) is 23.9 Å². The molecule has 1 amide bonds. The standard InChI is InChI=1S/C19H22N2O3S/c1-15-6-9-18(10-7-15)25(23,24)21-13-12-20-19(22)11-8-17-5-3-4-16(2)14-17/h3-11,14,21H,12-13H2,1-2H3,(H,20,22)/b11-8+. The zero-order chi connectivity index (χ0) is 18.3. The molecule has 0 aromatic heterocycles. The largest absolute Gasteiger partial charge is 0.351 e. The van der Waals surface area contributed by atoms with Gasteiger partial charge in [0.1, 0.15) is 0 Å². The Hall–Kier alpha value is -2.44. The van der Waals surface area contributed by atoms with Crippen LogP contribution in [0.1, 0.15) is 16.7 Å². The van der Waals surface area contributed by atoms with Crippen molar-refractivity contribution in [2.75, 3.05) is 13.1 Å². The molecule has 0 spiro atoms. The summed E-state index contributed by atoms with van der Waals surface area (Å²) in [6.45, 7) is 4.21. The Bertz CT molecular complexity index is 856. The lowest BCUT2D eigenvalue weighted by Gasteiger charge is -2.07. The van der Waals surface area contributed by atoms with Crippen LogP contribution in [-0.4, -0.2) is 27.4 Å². The van der Waals surface area contributed by atoms with Gasteiger partial charge in [0.25, 0.3) is 0 Å². The van der Waals surface area contributed by atoms with Gasteiger partial charge in [0.2, 0.25) is 15.9 Å². The number of hydrogen-bond donors (Lipinski definition) is 2. The first-order chi connectivity index (χ1) is 11.9. The maximum absolute atomic E-state index is 12.1. The molecule has 0 aliphatic rings. The summed E-state index contributed by atoms with van der Waals surface area (Å²) in [5.41, 5.74) is 3.05. The summed E-state index contributed by atoms with van der Waals surface area (Å²) >= 11 is 0. The highest BCUT2D eigenvalue weighted by molar-refractivity contribution is 7.89. The molecule has 5 nitrogen and oxygen atoms in total. The number of rotatable bonds is 7. The Labute approximate surface area is 148 Å². The monoisotopic (exact) mass is 358 g/mol. The average molecular weight is 358 g/mol. The van der Waals surface area contributed by atoms with Crippen molar-refractivity contribution in [3.63, 3.8) is 0 Å². The highest BCUT2D eigenvalue weighted by atomic mass is 32.2. The highest BCUT2D eigenvalue weighted by Gasteiger charge is 2.12. The van der Waals surface area contributed by atoms with Crippen LogP contribution in [0.5, 0.6) is 0 Å². The van der Waals surface area contributed by atoms with Crippen LogP contribution in [0.15, 0.2) is 59.5 Å². The van der Waals surface area contributed by atoms with Crippen LogP contribution in [0.2, 0.25) is 0 Å². The van der Waals surface area contributed by atoms with Gasteiger partial charge in [-0.25, -0.2) is 13.1 Å². The van der Waals surface area contributed by atoms with E-state index in [0.717, 1.165) is 16.7 Å². The molecule has 132 valence electrons. The number of sulfonamides is 1. The molecule has 0 heterocycles. The molecule has 2 aromatic carbocycles. The maximum Gasteiger partial charge on any atom is 0.244 e. The molecule has 0 fully saturated rings. The van der Waals surface area contributed by atoms with Gasteiger partial charge in [-0.1, -0.05) is 47.5 Å². The first kappa shape index (κ1) is 18.9. The fraction of sp³-hybridized carbons (Fsp3) is 0.211. The number of aryl methyl sites for hydroxylation is 2. The number of amides is 1. The lowest BCUT2D eigenvalue weighted by atomic mass is 10.1. The molecular weight excluding hydrogens is 336 g/mol. The number of hydrogen-bond acceptors (Lipinski definition) is 3. The second-order valence-corrected chi connectivity index (χ2v) is 7.52. The Morgan fingerprint density at radius 3 is 2.40 bits per heavy atom. The molecule has 2 rings (SSSR count). The summed E-state index contributed by atoms with van der Waals surface area (Å²) in [5, 5.41) is 2.65. The van der Waals surface area contributed by atoms with Gasteiger partial charge >= 0.3 is 0 Å². The van der Waals surface area contributed by atoms with E-state index >= 15 is 0 Å². The van der Waals surface area contributed by atoms with Crippen molar-refractivity contribution in [2.24, 2.45) is 0 Å². The van der Waals surface area contributed by atoms with Gasteiger partial charge in [-0.3, -0.25) is 4.79 Å². The molecule has 6 heteroatoms. The summed E-state index contributed by atoms with van der Waals surface area (Å²) in [5.74, 6) is -0.268. The third-order valence-electron chi connectivity index (χ3n) is 3.52. The number of benzene rings is 2. The Kier molecular flexibility index (Phi) is 6.50. The summed E-state index contributed by atoms with van der Waals surface area (Å²) in [6, 6.07) is 14.4. The van der Waals surface area contributed by atoms with E-state index < -0.39 is 10.0 Å². The fourth-order valence-corrected chi connectivity index (χ4v) is 3.21. The zero-order valence-corrected chi connectivity index (χ0v) is 15.1. The van der Waals surface area contributed by atoms with E-state index in [1.54, 1.807) is 30.3 Å². The molecule has 0 radical (unpaired) electrons. The predicted molar refractivity (Wildman–Crippen MR) is 99.6 cm³/mol. The van der Waals surface area contributed by atoms with Crippen molar-refractivity contribution in [3.8, 4) is 0 Å². The van der Waals surface area contributed by atoms with E-state index in [9.17, 15) is 13.2 Å². The minimum absolute atomic E-state index is 0.125. The molecule has 2 N–H and O–H groups in total. The van der Waals surface area contributed by atoms with Crippen LogP contribution in [0.4, 0.5) is 0 Å². The van der Waals surface area contributed by atoms with Gasteiger partial charge in [-0.2, -0.15) is 0 Å². The number of carbonyl (C=O) groups excluding carboxylic acids is 1. The molecule has 0 unspecified atom stereocenters. The van der Waals surface area contributed by atoms with Gasteiger partial charge in [-0.05, 0) is 37.6 Å². The van der Waals surface area contributed by atoms with Crippen molar-refractivity contribution in [1.82, 2.24) is 10.0 Å². The minimum Gasteiger partial charge on any atom is -0.351 e. The molecule has 25 heavy (non-hydrogen) atoms. The van der Waals surface area contributed by atoms with Crippen LogP contribution in [0.25, 0.3) is 6.08 Å². The number of nitrogens with one attached hydrogen (secondary N) is 2. The van der Waals surface area contributed by atoms with E-state index in [1.807, 2.05) is 38.1 Å². The Balaban J connectivity index is 1.78. The topological polar surface area (TPSA) is 75.3 Å². The lowest BCUT2D eigenvalue weighted by molar-refractivity contribution is -0.116. The fourth-order valence-electron chi connectivity index (χ4n) is 2.18. The van der Waals surface area contributed by atoms with Crippen LogP contribution in [0, 0.1) is 13.8 Å². The van der Waals surface area contributed by atoms with E-state index in [1.165, 1.54) is 6.08 Å². The van der Waals surface area contributed by atoms with Crippen LogP contribution in [-0.2, 0) is 14.8 Å². The van der Waals surface area contributed by atoms with Crippen molar-refractivity contribution < 1.29 is 13.2 Å². The van der Waals surface area contributed by atoms with E-state index in [4.69, 9.17) is 0 Å². The quantitative estimate of drug-likeness (QED) is 0.589. The lowest BCUT2D eigenvalue weighted by Crippen LogP contribution is -2.34. The first-order valence-corrected chi connectivity index (χ1v) is 9.44. The van der Waals surface area contributed by atoms with Crippen molar-refractivity contribution in [3.05, 3.63) is 71.3 Å². The molecule has 0 saturated heterocycles. The smallest absolute Gasteiger partial charge is 0.244 e. The normalized spacial score (nSPS) is 11.6. The Morgan fingerprint density at radius 2 is 1.72 bits per heavy atom. The van der Waals surface area contributed by atoms with Crippen LogP contribution < -0.4 is 10.0 Å². The summed E-state index contributed by atoms with van der Waals surface area (Å²) < 4.78 is 26.7. The molecule has 2 aromatic rings. The van der Waals surface area contributed by atoms with Crippen LogP contribution in [0.3, 0.4) is 0 Å². The minimum atomic E-state index is -3.55. The van der Waals surface area contributed by atoms with Gasteiger partial charge < -0.3 is 5.32 Å². The van der Waals surface area contributed by atoms with Gasteiger partial charge in [0, 0.05) is 19.2 Å². The molecule has 0 saturated carbocycles. The van der Waals surface area contributed by atoms with Gasteiger partial charge in [-0.15, -0.1) is 0 Å². The van der Waals surface area contributed by atoms with Crippen molar-refractivity contribution in [1.29, 1.82) is 0 Å². The van der Waals surface area contributed by atoms with Gasteiger partial charge in [0.15, 0.2) is 0 Å². The average Bonchev–Trinajstić information content (AvgIpc) is 2.57. The SMILES string of the molecule is Cc1ccc(S(=O)(=O)NCCNC(=O)/C=C/c2cccc(C)c2)cc1. The van der Waals surface area contributed by atoms with Gasteiger partial charge in [0.05, 0.1) is 4.90 Å². The summed E-state index contributed by atoms with van der Waals surface area (Å²) in [4.78, 5) is 12.0. The van der Waals surface area contributed by atoms with Crippen LogP contribution >= 0.6 is 0 Å². The Morgan fingerprint density at radius 1 is 1.00 bits per heavy atom. The van der Waals surface area contributed by atoms with Crippen molar-refractivity contribution in [2.45, 2.75) is 18.7 Å². The second-order valence-electron chi connectivity index (χ2n) is 5.75. The summed E-state index contributed by atoms with van der Waals surface area (Å²) in [7, 11) is -3.55. The molecule has 0 atom stereocenters.